The molecule has 0 unspecified atom stereocenters. The molecule has 20 heavy (non-hydrogen) atoms. The number of para-hydroxylation sites is 1. The van der Waals surface area contributed by atoms with E-state index in [0.717, 1.165) is 16.6 Å². The number of aromatic nitrogens is 1. The molecule has 1 amide bonds. The average Bonchev–Trinajstić information content (AvgIpc) is 2.88. The molecular weight excluding hydrogens is 272 g/mol. The number of hydrogen-bond donors (Lipinski definition) is 1. The molecule has 2 aromatic carbocycles. The van der Waals surface area contributed by atoms with Crippen LogP contribution in [0.1, 0.15) is 10.4 Å². The van der Waals surface area contributed by atoms with Crippen LogP contribution in [0, 0.1) is 0 Å². The van der Waals surface area contributed by atoms with Crippen LogP contribution in [0.2, 0.25) is 5.02 Å². The molecule has 1 aromatic heterocycles. The molecule has 3 aromatic rings. The van der Waals surface area contributed by atoms with Gasteiger partial charge in [0.1, 0.15) is 0 Å². The number of carbonyl (C=O) groups is 1. The quantitative estimate of drug-likeness (QED) is 0.756. The number of anilines is 1. The molecule has 0 fully saturated rings. The summed E-state index contributed by atoms with van der Waals surface area (Å²) < 4.78 is 0. The third-order valence-corrected chi connectivity index (χ3v) is 3.64. The van der Waals surface area contributed by atoms with Gasteiger partial charge in [-0.05, 0) is 18.2 Å². The second kappa shape index (κ2) is 5.02. The largest absolute Gasteiger partial charge is 0.358 e. The maximum atomic E-state index is 12.5. The van der Waals surface area contributed by atoms with E-state index in [1.54, 1.807) is 30.3 Å². The average molecular weight is 285 g/mol. The molecule has 100 valence electrons. The van der Waals surface area contributed by atoms with Crippen LogP contribution >= 0.6 is 11.6 Å². The van der Waals surface area contributed by atoms with Gasteiger partial charge in [-0.2, -0.15) is 0 Å². The Labute approximate surface area is 121 Å². The molecule has 3 nitrogen and oxygen atoms in total. The van der Waals surface area contributed by atoms with Crippen molar-refractivity contribution in [2.75, 3.05) is 11.9 Å². The molecule has 0 saturated heterocycles. The standard InChI is InChI=1S/C16H13ClN2O/c1-19(16(20)11-6-3-2-4-7-11)14-9-5-8-12-13(17)10-18-15(12)14/h2-10,18H,1H3. The van der Waals surface area contributed by atoms with Crippen LogP contribution in [0.3, 0.4) is 0 Å². The van der Waals surface area contributed by atoms with Crippen molar-refractivity contribution in [3.8, 4) is 0 Å². The van der Waals surface area contributed by atoms with E-state index in [0.29, 0.717) is 10.6 Å². The van der Waals surface area contributed by atoms with Crippen LogP contribution in [0.25, 0.3) is 10.9 Å². The zero-order valence-corrected chi connectivity index (χ0v) is 11.7. The number of fused-ring (bicyclic) bond motifs is 1. The Balaban J connectivity index is 2.05. The van der Waals surface area contributed by atoms with E-state index in [1.807, 2.05) is 36.4 Å². The summed E-state index contributed by atoms with van der Waals surface area (Å²) in [5.74, 6) is -0.0520. The maximum absolute atomic E-state index is 12.5. The first-order valence-electron chi connectivity index (χ1n) is 6.27. The van der Waals surface area contributed by atoms with Gasteiger partial charge < -0.3 is 9.88 Å². The van der Waals surface area contributed by atoms with Gasteiger partial charge in [-0.1, -0.05) is 41.9 Å². The van der Waals surface area contributed by atoms with Gasteiger partial charge in [0.05, 0.1) is 16.2 Å². The second-order valence-corrected chi connectivity index (χ2v) is 4.97. The number of carbonyl (C=O) groups excluding carboxylic acids is 1. The zero-order chi connectivity index (χ0) is 14.1. The zero-order valence-electron chi connectivity index (χ0n) is 10.9. The first kappa shape index (κ1) is 12.8. The van der Waals surface area contributed by atoms with Crippen LogP contribution < -0.4 is 4.90 Å². The number of nitrogens with one attached hydrogen (secondary N) is 1. The highest BCUT2D eigenvalue weighted by atomic mass is 35.5. The fourth-order valence-corrected chi connectivity index (χ4v) is 2.48. The predicted octanol–water partition coefficient (Wildman–Crippen LogP) is 4.10. The van der Waals surface area contributed by atoms with Gasteiger partial charge in [-0.15, -0.1) is 0 Å². The lowest BCUT2D eigenvalue weighted by Crippen LogP contribution is -2.26. The van der Waals surface area contributed by atoms with Gasteiger partial charge in [0.15, 0.2) is 0 Å². The van der Waals surface area contributed by atoms with E-state index in [-0.39, 0.29) is 5.91 Å². The van der Waals surface area contributed by atoms with E-state index in [1.165, 1.54) is 0 Å². The summed E-state index contributed by atoms with van der Waals surface area (Å²) in [6, 6.07) is 14.9. The van der Waals surface area contributed by atoms with E-state index in [2.05, 4.69) is 4.98 Å². The van der Waals surface area contributed by atoms with Crippen LogP contribution in [-0.4, -0.2) is 17.9 Å². The van der Waals surface area contributed by atoms with E-state index in [9.17, 15) is 4.79 Å². The van der Waals surface area contributed by atoms with Crippen molar-refractivity contribution in [1.82, 2.24) is 4.98 Å². The third-order valence-electron chi connectivity index (χ3n) is 3.33. The first-order chi connectivity index (χ1) is 9.68. The molecule has 4 heteroatoms. The molecule has 0 aliphatic heterocycles. The van der Waals surface area contributed by atoms with Crippen molar-refractivity contribution < 1.29 is 4.79 Å². The van der Waals surface area contributed by atoms with Crippen molar-refractivity contribution in [2.45, 2.75) is 0 Å². The van der Waals surface area contributed by atoms with Gasteiger partial charge in [-0.25, -0.2) is 0 Å². The molecule has 0 radical (unpaired) electrons. The normalized spacial score (nSPS) is 10.7. The minimum absolute atomic E-state index is 0.0520. The summed E-state index contributed by atoms with van der Waals surface area (Å²) >= 11 is 6.11. The minimum Gasteiger partial charge on any atom is -0.358 e. The lowest BCUT2D eigenvalue weighted by molar-refractivity contribution is 0.0993. The smallest absolute Gasteiger partial charge is 0.258 e. The summed E-state index contributed by atoms with van der Waals surface area (Å²) in [7, 11) is 1.76. The molecule has 1 heterocycles. The molecule has 0 atom stereocenters. The van der Waals surface area contributed by atoms with Crippen molar-refractivity contribution in [3.05, 3.63) is 65.3 Å². The Kier molecular flexibility index (Phi) is 3.20. The number of nitrogens with zero attached hydrogens (tertiary/aromatic N) is 1. The Morgan fingerprint density at radius 1 is 1.10 bits per heavy atom. The molecule has 3 rings (SSSR count). The van der Waals surface area contributed by atoms with Crippen LogP contribution in [0.15, 0.2) is 54.7 Å². The molecule has 0 saturated carbocycles. The van der Waals surface area contributed by atoms with Crippen molar-refractivity contribution in [1.29, 1.82) is 0 Å². The summed E-state index contributed by atoms with van der Waals surface area (Å²) in [5, 5.41) is 1.57. The fourth-order valence-electron chi connectivity index (χ4n) is 2.27. The van der Waals surface area contributed by atoms with Gasteiger partial charge in [0, 0.05) is 24.2 Å². The number of H-pyrrole nitrogens is 1. The summed E-state index contributed by atoms with van der Waals surface area (Å²) in [5.41, 5.74) is 2.33. The number of benzene rings is 2. The molecular formula is C16H13ClN2O. The Morgan fingerprint density at radius 3 is 2.60 bits per heavy atom. The van der Waals surface area contributed by atoms with Gasteiger partial charge in [-0.3, -0.25) is 4.79 Å². The predicted molar refractivity (Wildman–Crippen MR) is 82.5 cm³/mol. The topological polar surface area (TPSA) is 36.1 Å². The highest BCUT2D eigenvalue weighted by Gasteiger charge is 2.16. The van der Waals surface area contributed by atoms with E-state index < -0.39 is 0 Å². The first-order valence-corrected chi connectivity index (χ1v) is 6.65. The Morgan fingerprint density at radius 2 is 1.85 bits per heavy atom. The number of amides is 1. The third kappa shape index (κ3) is 2.06. The summed E-state index contributed by atoms with van der Waals surface area (Å²) in [6.45, 7) is 0. The SMILES string of the molecule is CN(C(=O)c1ccccc1)c1cccc2c(Cl)c[nH]c12. The van der Waals surface area contributed by atoms with Crippen LogP contribution in [0.4, 0.5) is 5.69 Å². The Hall–Kier alpha value is -2.26. The molecule has 0 aliphatic rings. The van der Waals surface area contributed by atoms with Gasteiger partial charge >= 0.3 is 0 Å². The summed E-state index contributed by atoms with van der Waals surface area (Å²) in [4.78, 5) is 17.2. The number of halogens is 1. The summed E-state index contributed by atoms with van der Waals surface area (Å²) in [6.07, 6.45) is 1.73. The van der Waals surface area contributed by atoms with E-state index >= 15 is 0 Å². The lowest BCUT2D eigenvalue weighted by atomic mass is 10.1. The molecule has 0 aliphatic carbocycles. The number of rotatable bonds is 2. The van der Waals surface area contributed by atoms with Crippen LogP contribution in [0.5, 0.6) is 0 Å². The van der Waals surface area contributed by atoms with Crippen molar-refractivity contribution in [3.63, 3.8) is 0 Å². The molecule has 0 bridgehead atoms. The lowest BCUT2D eigenvalue weighted by Gasteiger charge is -2.18. The molecule has 0 spiro atoms. The van der Waals surface area contributed by atoms with Crippen LogP contribution in [-0.2, 0) is 0 Å². The monoisotopic (exact) mass is 284 g/mol. The fraction of sp³-hybridized carbons (Fsp3) is 0.0625. The maximum Gasteiger partial charge on any atom is 0.258 e. The van der Waals surface area contributed by atoms with E-state index in [4.69, 9.17) is 11.6 Å². The highest BCUT2D eigenvalue weighted by molar-refractivity contribution is 6.36. The molecule has 1 N–H and O–H groups in total. The number of aromatic amines is 1. The van der Waals surface area contributed by atoms with Crippen molar-refractivity contribution in [2.24, 2.45) is 0 Å². The Bertz CT molecular complexity index is 765. The van der Waals surface area contributed by atoms with Gasteiger partial charge in [0.25, 0.3) is 5.91 Å². The second-order valence-electron chi connectivity index (χ2n) is 4.57. The minimum atomic E-state index is -0.0520. The van der Waals surface area contributed by atoms with Gasteiger partial charge in [0.2, 0.25) is 0 Å². The van der Waals surface area contributed by atoms with Crippen molar-refractivity contribution >= 4 is 34.1 Å². The highest BCUT2D eigenvalue weighted by Crippen LogP contribution is 2.30. The number of hydrogen-bond acceptors (Lipinski definition) is 1.